The second-order valence-electron chi connectivity index (χ2n) is 7.43. The number of halogens is 1. The van der Waals surface area contributed by atoms with Gasteiger partial charge in [0.15, 0.2) is 10.8 Å². The Balaban J connectivity index is 1.50. The van der Waals surface area contributed by atoms with Crippen LogP contribution in [0.15, 0.2) is 46.7 Å². The highest BCUT2D eigenvalue weighted by Gasteiger charge is 2.15. The van der Waals surface area contributed by atoms with Crippen LogP contribution in [-0.4, -0.2) is 30.1 Å². The van der Waals surface area contributed by atoms with Gasteiger partial charge in [-0.05, 0) is 62.7 Å². The monoisotopic (exact) mass is 454 g/mol. The molecule has 0 fully saturated rings. The molecule has 31 heavy (non-hydrogen) atoms. The van der Waals surface area contributed by atoms with E-state index in [1.54, 1.807) is 12.3 Å². The van der Waals surface area contributed by atoms with Crippen molar-refractivity contribution in [1.82, 2.24) is 24.1 Å². The average molecular weight is 455 g/mol. The molecular formula is C22H23ClN6OS. The average Bonchev–Trinajstić information content (AvgIpc) is 3.28. The molecule has 0 aliphatic carbocycles. The van der Waals surface area contributed by atoms with Crippen LogP contribution in [0, 0.1) is 20.8 Å². The van der Waals surface area contributed by atoms with Gasteiger partial charge in [0.1, 0.15) is 0 Å². The molecule has 3 heterocycles. The van der Waals surface area contributed by atoms with Crippen LogP contribution in [0.4, 0.5) is 5.69 Å². The number of rotatable bonds is 6. The lowest BCUT2D eigenvalue weighted by Crippen LogP contribution is -2.15. The van der Waals surface area contributed by atoms with Crippen LogP contribution in [0.5, 0.6) is 0 Å². The van der Waals surface area contributed by atoms with Gasteiger partial charge in [-0.15, -0.1) is 0 Å². The zero-order chi connectivity index (χ0) is 22.1. The number of fused-ring (bicyclic) bond motifs is 1. The molecule has 0 atom stereocenters. The number of aromatic nitrogens is 5. The highest BCUT2D eigenvalue weighted by Crippen LogP contribution is 2.34. The lowest BCUT2D eigenvalue weighted by molar-refractivity contribution is -0.116. The summed E-state index contributed by atoms with van der Waals surface area (Å²) < 4.78 is 3.77. The first-order valence-corrected chi connectivity index (χ1v) is 11.1. The second kappa shape index (κ2) is 8.72. The zero-order valence-corrected chi connectivity index (χ0v) is 19.4. The quantitative estimate of drug-likeness (QED) is 0.454. The number of aryl methyl sites for hydroxylation is 4. The molecule has 0 aliphatic heterocycles. The van der Waals surface area contributed by atoms with Crippen LogP contribution in [0.2, 0.25) is 5.02 Å². The minimum absolute atomic E-state index is 0.0838. The molecule has 1 amide bonds. The lowest BCUT2D eigenvalue weighted by Gasteiger charge is -2.13. The van der Waals surface area contributed by atoms with Crippen LogP contribution in [0.1, 0.15) is 29.1 Å². The van der Waals surface area contributed by atoms with Crippen molar-refractivity contribution < 1.29 is 4.79 Å². The summed E-state index contributed by atoms with van der Waals surface area (Å²) in [7, 11) is 1.93. The summed E-state index contributed by atoms with van der Waals surface area (Å²) in [5.41, 5.74) is 5.40. The maximum atomic E-state index is 12.8. The highest BCUT2D eigenvalue weighted by molar-refractivity contribution is 7.99. The number of hydrogen-bond donors (Lipinski definition) is 1. The molecule has 160 valence electrons. The molecule has 3 aromatic heterocycles. The number of carbonyl (C=O) groups is 1. The van der Waals surface area contributed by atoms with E-state index in [4.69, 9.17) is 11.6 Å². The molecule has 9 heteroatoms. The normalized spacial score (nSPS) is 11.3. The van der Waals surface area contributed by atoms with E-state index in [-0.39, 0.29) is 5.91 Å². The summed E-state index contributed by atoms with van der Waals surface area (Å²) in [6.07, 6.45) is 4.53. The molecule has 4 rings (SSSR count). The minimum Gasteiger partial charge on any atom is -0.329 e. The van der Waals surface area contributed by atoms with E-state index in [2.05, 4.69) is 20.4 Å². The third-order valence-corrected chi connectivity index (χ3v) is 6.47. The number of hydrogen-bond acceptors (Lipinski definition) is 5. The molecular weight excluding hydrogens is 432 g/mol. The van der Waals surface area contributed by atoms with E-state index in [9.17, 15) is 4.79 Å². The van der Waals surface area contributed by atoms with Gasteiger partial charge < -0.3 is 9.88 Å². The zero-order valence-electron chi connectivity index (χ0n) is 17.8. The standard InChI is InChI=1S/C22H23ClN6OS/c1-13-11-20-25-14(2)17(15(3)29(20)27-13)6-8-21(30)26-18-12-16(23)5-7-19(18)31-22-24-9-10-28(22)4/h5,7,9-12H,6,8H2,1-4H3,(H,26,30). The minimum atomic E-state index is -0.0838. The number of anilines is 1. The Morgan fingerprint density at radius 1 is 1.23 bits per heavy atom. The van der Waals surface area contributed by atoms with Gasteiger partial charge in [0.2, 0.25) is 5.91 Å². The maximum absolute atomic E-state index is 12.8. The molecule has 1 aromatic carbocycles. The predicted molar refractivity (Wildman–Crippen MR) is 123 cm³/mol. The van der Waals surface area contributed by atoms with Gasteiger partial charge in [0.05, 0.1) is 11.4 Å². The Bertz CT molecular complexity index is 1280. The van der Waals surface area contributed by atoms with Crippen molar-refractivity contribution in [2.75, 3.05) is 5.32 Å². The van der Waals surface area contributed by atoms with Crippen molar-refractivity contribution >= 4 is 40.6 Å². The Hall–Kier alpha value is -2.84. The molecule has 0 unspecified atom stereocenters. The predicted octanol–water partition coefficient (Wildman–Crippen LogP) is 4.76. The molecule has 4 aromatic rings. The number of benzene rings is 1. The summed E-state index contributed by atoms with van der Waals surface area (Å²) in [5.74, 6) is -0.0838. The van der Waals surface area contributed by atoms with Gasteiger partial charge >= 0.3 is 0 Å². The smallest absolute Gasteiger partial charge is 0.224 e. The van der Waals surface area contributed by atoms with Gasteiger partial charge in [-0.3, -0.25) is 4.79 Å². The highest BCUT2D eigenvalue weighted by atomic mass is 35.5. The molecule has 0 spiro atoms. The number of nitrogens with zero attached hydrogens (tertiary/aromatic N) is 5. The van der Waals surface area contributed by atoms with E-state index in [1.807, 2.05) is 61.3 Å². The molecule has 0 bridgehead atoms. The molecule has 0 aliphatic rings. The van der Waals surface area contributed by atoms with E-state index < -0.39 is 0 Å². The molecule has 0 radical (unpaired) electrons. The molecule has 0 saturated carbocycles. The third kappa shape index (κ3) is 4.60. The first kappa shape index (κ1) is 21.4. The largest absolute Gasteiger partial charge is 0.329 e. The Kier molecular flexibility index (Phi) is 6.02. The van der Waals surface area contributed by atoms with Crippen molar-refractivity contribution in [3.05, 3.63) is 64.3 Å². The van der Waals surface area contributed by atoms with Gasteiger partial charge in [-0.25, -0.2) is 14.5 Å². The third-order valence-electron chi connectivity index (χ3n) is 5.08. The van der Waals surface area contributed by atoms with E-state index in [1.165, 1.54) is 11.8 Å². The lowest BCUT2D eigenvalue weighted by atomic mass is 10.1. The summed E-state index contributed by atoms with van der Waals surface area (Å²) >= 11 is 7.66. The van der Waals surface area contributed by atoms with Crippen LogP contribution in [0.25, 0.3) is 5.65 Å². The first-order valence-electron chi connectivity index (χ1n) is 9.89. The molecule has 1 N–H and O–H groups in total. The maximum Gasteiger partial charge on any atom is 0.224 e. The number of amides is 1. The van der Waals surface area contributed by atoms with Crippen molar-refractivity contribution in [3.8, 4) is 0 Å². The van der Waals surface area contributed by atoms with Crippen molar-refractivity contribution in [3.63, 3.8) is 0 Å². The molecule has 7 nitrogen and oxygen atoms in total. The van der Waals surface area contributed by atoms with Crippen molar-refractivity contribution in [2.24, 2.45) is 7.05 Å². The Morgan fingerprint density at radius 3 is 2.77 bits per heavy atom. The Labute approximate surface area is 189 Å². The Morgan fingerprint density at radius 2 is 2.03 bits per heavy atom. The van der Waals surface area contributed by atoms with E-state index in [0.29, 0.717) is 23.6 Å². The number of carbonyl (C=O) groups excluding carboxylic acids is 1. The fourth-order valence-corrected chi connectivity index (χ4v) is 4.53. The van der Waals surface area contributed by atoms with Crippen molar-refractivity contribution in [1.29, 1.82) is 0 Å². The fraction of sp³-hybridized carbons (Fsp3) is 0.273. The summed E-state index contributed by atoms with van der Waals surface area (Å²) in [6, 6.07) is 7.42. The van der Waals surface area contributed by atoms with Crippen molar-refractivity contribution in [2.45, 2.75) is 43.7 Å². The summed E-state index contributed by atoms with van der Waals surface area (Å²) in [4.78, 5) is 22.6. The van der Waals surface area contributed by atoms with Gasteiger partial charge in [-0.1, -0.05) is 11.6 Å². The number of nitrogens with one attached hydrogen (secondary N) is 1. The van der Waals surface area contributed by atoms with Crippen LogP contribution in [0.3, 0.4) is 0 Å². The van der Waals surface area contributed by atoms with Crippen LogP contribution < -0.4 is 5.32 Å². The number of imidazole rings is 1. The second-order valence-corrected chi connectivity index (χ2v) is 8.87. The van der Waals surface area contributed by atoms with Crippen LogP contribution in [-0.2, 0) is 18.3 Å². The van der Waals surface area contributed by atoms with Gasteiger partial charge in [-0.2, -0.15) is 5.10 Å². The molecule has 0 saturated heterocycles. The topological polar surface area (TPSA) is 77.1 Å². The van der Waals surface area contributed by atoms with Gasteiger partial charge in [0, 0.05) is 53.2 Å². The summed E-state index contributed by atoms with van der Waals surface area (Å²) in [5, 5.41) is 8.91. The first-order chi connectivity index (χ1) is 14.8. The van der Waals surface area contributed by atoms with Gasteiger partial charge in [0.25, 0.3) is 0 Å². The fourth-order valence-electron chi connectivity index (χ4n) is 3.49. The van der Waals surface area contributed by atoms with E-state index in [0.717, 1.165) is 38.3 Å². The summed E-state index contributed by atoms with van der Waals surface area (Å²) in [6.45, 7) is 5.93. The van der Waals surface area contributed by atoms with Crippen LogP contribution >= 0.6 is 23.4 Å². The SMILES string of the molecule is Cc1cc2nc(C)c(CCC(=O)Nc3cc(Cl)ccc3Sc3nccn3C)c(C)n2n1. The van der Waals surface area contributed by atoms with E-state index >= 15 is 0 Å².